The number of aromatic nitrogens is 1. The van der Waals surface area contributed by atoms with Crippen LogP contribution >= 0.6 is 0 Å². The Morgan fingerprint density at radius 1 is 0.586 bits per heavy atom. The molecule has 3 aliphatic rings. The number of benzene rings is 7. The second-order valence-corrected chi connectivity index (χ2v) is 16.0. The average molecular weight is 745 g/mol. The molecule has 0 fully saturated rings. The molecule has 0 spiro atoms. The molecule has 0 saturated heterocycles. The molecule has 11 rings (SSSR count). The van der Waals surface area contributed by atoms with Gasteiger partial charge in [0.05, 0.1) is 11.0 Å². The molecule has 7 aromatic carbocycles. The van der Waals surface area contributed by atoms with Gasteiger partial charge in [-0.15, -0.1) is 0 Å². The average Bonchev–Trinajstić information content (AvgIpc) is 3.84. The van der Waals surface area contributed by atoms with E-state index in [1.165, 1.54) is 94.5 Å². The first-order valence-corrected chi connectivity index (χ1v) is 20.8. The van der Waals surface area contributed by atoms with Gasteiger partial charge in [0.25, 0.3) is 0 Å². The molecular formula is C56H44N2. The van der Waals surface area contributed by atoms with Crippen molar-refractivity contribution < 1.29 is 0 Å². The fourth-order valence-corrected chi connectivity index (χ4v) is 9.81. The van der Waals surface area contributed by atoms with E-state index in [0.717, 1.165) is 31.4 Å². The van der Waals surface area contributed by atoms with Gasteiger partial charge < -0.3 is 9.47 Å². The number of rotatable bonds is 7. The van der Waals surface area contributed by atoms with Crippen molar-refractivity contribution in [3.8, 4) is 27.9 Å². The summed E-state index contributed by atoms with van der Waals surface area (Å²) in [6.07, 6.45) is 15.5. The molecule has 0 aliphatic heterocycles. The Labute approximate surface area is 341 Å². The van der Waals surface area contributed by atoms with Crippen LogP contribution in [0.15, 0.2) is 200 Å². The lowest BCUT2D eigenvalue weighted by molar-refractivity contribution is 0.715. The van der Waals surface area contributed by atoms with E-state index in [2.05, 4.69) is 211 Å². The van der Waals surface area contributed by atoms with Crippen LogP contribution in [-0.2, 0) is 6.42 Å². The molecule has 2 nitrogen and oxygen atoms in total. The first kappa shape index (κ1) is 34.4. The highest BCUT2D eigenvalue weighted by molar-refractivity contribution is 6.18. The summed E-state index contributed by atoms with van der Waals surface area (Å²) in [5.74, 6) is 0.371. The smallest absolute Gasteiger partial charge is 0.0622 e. The Bertz CT molecular complexity index is 2970. The lowest BCUT2D eigenvalue weighted by atomic mass is 9.85. The van der Waals surface area contributed by atoms with Crippen LogP contribution < -0.4 is 4.90 Å². The van der Waals surface area contributed by atoms with Crippen molar-refractivity contribution in [1.29, 1.82) is 0 Å². The minimum Gasteiger partial charge on any atom is -0.314 e. The highest BCUT2D eigenvalue weighted by Crippen LogP contribution is 2.49. The Kier molecular flexibility index (Phi) is 8.43. The lowest BCUT2D eigenvalue weighted by Gasteiger charge is -2.32. The highest BCUT2D eigenvalue weighted by atomic mass is 15.1. The van der Waals surface area contributed by atoms with E-state index in [0.29, 0.717) is 5.92 Å². The Hall–Kier alpha value is -6.90. The molecule has 0 N–H and O–H groups in total. The Balaban J connectivity index is 1.03. The zero-order valence-electron chi connectivity index (χ0n) is 32.8. The zero-order valence-corrected chi connectivity index (χ0v) is 32.8. The van der Waals surface area contributed by atoms with Gasteiger partial charge in [-0.25, -0.2) is 0 Å². The molecule has 2 heteroatoms. The topological polar surface area (TPSA) is 8.17 Å². The minimum atomic E-state index is 0.371. The third-order valence-corrected chi connectivity index (χ3v) is 12.6. The number of allylic oxidation sites excluding steroid dienone is 8. The SMILES string of the molecule is CC1CC(N(c2ccccc2)c2ccc(-c3cc4c(c5c6ccccc6n(-c6ccccc6)c35)Cc3ccccc3-4)cc2)=CC=C1c1ccc(C2=CC=CCC2)cc1. The summed E-state index contributed by atoms with van der Waals surface area (Å²) < 4.78 is 2.49. The van der Waals surface area contributed by atoms with Crippen LogP contribution in [0.1, 0.15) is 48.4 Å². The normalized spacial score (nSPS) is 15.8. The zero-order chi connectivity index (χ0) is 38.6. The quantitative estimate of drug-likeness (QED) is 0.158. The molecule has 0 radical (unpaired) electrons. The van der Waals surface area contributed by atoms with Gasteiger partial charge in [0.2, 0.25) is 0 Å². The second-order valence-electron chi connectivity index (χ2n) is 16.0. The number of hydrogen-bond donors (Lipinski definition) is 0. The van der Waals surface area contributed by atoms with Gasteiger partial charge >= 0.3 is 0 Å². The Morgan fingerprint density at radius 3 is 2.05 bits per heavy atom. The summed E-state index contributed by atoms with van der Waals surface area (Å²) in [5, 5.41) is 2.67. The van der Waals surface area contributed by atoms with Crippen LogP contribution in [-0.4, -0.2) is 4.57 Å². The predicted molar refractivity (Wildman–Crippen MR) is 246 cm³/mol. The van der Waals surface area contributed by atoms with Crippen LogP contribution in [0.25, 0.3) is 60.9 Å². The van der Waals surface area contributed by atoms with E-state index in [1.807, 2.05) is 0 Å². The monoisotopic (exact) mass is 744 g/mol. The molecule has 1 atom stereocenters. The van der Waals surface area contributed by atoms with Gasteiger partial charge in [-0.3, -0.25) is 0 Å². The number of para-hydroxylation sites is 3. The van der Waals surface area contributed by atoms with E-state index in [4.69, 9.17) is 0 Å². The summed E-state index contributed by atoms with van der Waals surface area (Å²) >= 11 is 0. The van der Waals surface area contributed by atoms with Crippen LogP contribution in [0.4, 0.5) is 11.4 Å². The van der Waals surface area contributed by atoms with Crippen molar-refractivity contribution in [2.24, 2.45) is 5.92 Å². The van der Waals surface area contributed by atoms with Gasteiger partial charge in [0.1, 0.15) is 0 Å². The molecular weight excluding hydrogens is 701 g/mol. The van der Waals surface area contributed by atoms with Crippen molar-refractivity contribution in [1.82, 2.24) is 4.57 Å². The summed E-state index contributed by atoms with van der Waals surface area (Å²) in [6.45, 7) is 2.37. The molecule has 0 amide bonds. The highest BCUT2D eigenvalue weighted by Gasteiger charge is 2.28. The van der Waals surface area contributed by atoms with Crippen LogP contribution in [0.2, 0.25) is 0 Å². The summed E-state index contributed by atoms with van der Waals surface area (Å²) in [7, 11) is 0. The fraction of sp³-hybridized carbons (Fsp3) is 0.107. The second kappa shape index (κ2) is 14.2. The van der Waals surface area contributed by atoms with Crippen LogP contribution in [0.3, 0.4) is 0 Å². The van der Waals surface area contributed by atoms with Gasteiger partial charge in [-0.1, -0.05) is 146 Å². The van der Waals surface area contributed by atoms with E-state index in [9.17, 15) is 0 Å². The predicted octanol–water partition coefficient (Wildman–Crippen LogP) is 14.9. The van der Waals surface area contributed by atoms with E-state index >= 15 is 0 Å². The van der Waals surface area contributed by atoms with Crippen LogP contribution in [0.5, 0.6) is 0 Å². The van der Waals surface area contributed by atoms with E-state index in [1.54, 1.807) is 0 Å². The molecule has 0 bridgehead atoms. The maximum Gasteiger partial charge on any atom is 0.0622 e. The van der Waals surface area contributed by atoms with Crippen molar-refractivity contribution >= 4 is 44.3 Å². The first-order valence-electron chi connectivity index (χ1n) is 20.8. The summed E-state index contributed by atoms with van der Waals surface area (Å²) in [4.78, 5) is 2.45. The number of hydrogen-bond acceptors (Lipinski definition) is 1. The van der Waals surface area contributed by atoms with E-state index < -0.39 is 0 Å². The maximum atomic E-state index is 2.49. The molecule has 1 aromatic heterocycles. The first-order chi connectivity index (χ1) is 28.7. The lowest BCUT2D eigenvalue weighted by Crippen LogP contribution is -2.20. The van der Waals surface area contributed by atoms with Gasteiger partial charge in [-0.05, 0) is 136 Å². The summed E-state index contributed by atoms with van der Waals surface area (Å²) in [6, 6.07) is 60.7. The number of fused-ring (bicyclic) bond motifs is 7. The van der Waals surface area contributed by atoms with Crippen LogP contribution in [0, 0.1) is 5.92 Å². The Morgan fingerprint density at radius 2 is 1.28 bits per heavy atom. The van der Waals surface area contributed by atoms with Crippen molar-refractivity contribution in [2.45, 2.75) is 32.6 Å². The number of anilines is 2. The van der Waals surface area contributed by atoms with Gasteiger partial charge in [0.15, 0.2) is 0 Å². The van der Waals surface area contributed by atoms with Crippen molar-refractivity contribution in [3.05, 3.63) is 222 Å². The molecule has 1 unspecified atom stereocenters. The van der Waals surface area contributed by atoms with Crippen molar-refractivity contribution in [3.63, 3.8) is 0 Å². The minimum absolute atomic E-state index is 0.371. The van der Waals surface area contributed by atoms with Gasteiger partial charge in [0, 0.05) is 39.1 Å². The number of nitrogens with zero attached hydrogens (tertiary/aromatic N) is 2. The molecule has 278 valence electrons. The maximum absolute atomic E-state index is 2.49. The summed E-state index contributed by atoms with van der Waals surface area (Å²) in [5.41, 5.74) is 20.8. The molecule has 0 saturated carbocycles. The third kappa shape index (κ3) is 5.79. The third-order valence-electron chi connectivity index (χ3n) is 12.6. The standard InChI is InChI=1S/C56H44N2/c1-38-35-47(33-34-48(38)41-27-25-40(26-28-41)39-15-5-2-6-16-39)57(44-18-7-3-8-19-44)46-31-29-42(30-32-46)51-37-52-49-22-12-11-17-43(49)36-53(52)55-50-23-13-14-24-54(50)58(56(51)55)45-20-9-4-10-21-45/h2-5,7-15,17-34,37-38H,6,16,35-36H2,1H3. The largest absolute Gasteiger partial charge is 0.314 e. The van der Waals surface area contributed by atoms with Gasteiger partial charge in [-0.2, -0.15) is 0 Å². The van der Waals surface area contributed by atoms with E-state index in [-0.39, 0.29) is 0 Å². The molecule has 1 heterocycles. The molecule has 3 aliphatic carbocycles. The fourth-order valence-electron chi connectivity index (χ4n) is 9.81. The molecule has 8 aromatic rings. The molecule has 58 heavy (non-hydrogen) atoms. The van der Waals surface area contributed by atoms with Crippen molar-refractivity contribution in [2.75, 3.05) is 4.90 Å².